The summed E-state index contributed by atoms with van der Waals surface area (Å²) in [7, 11) is 1.59. The molecule has 8 heteroatoms. The molecule has 0 spiro atoms. The van der Waals surface area contributed by atoms with Crippen molar-refractivity contribution in [3.8, 4) is 11.5 Å². The Balaban J connectivity index is 1.47. The molecule has 3 N–H and O–H groups in total. The fourth-order valence-corrected chi connectivity index (χ4v) is 4.17. The summed E-state index contributed by atoms with van der Waals surface area (Å²) in [4.78, 5) is 28.0. The molecule has 1 fully saturated rings. The van der Waals surface area contributed by atoms with Crippen LogP contribution in [0.2, 0.25) is 0 Å². The molecule has 1 aliphatic rings. The Hall–Kier alpha value is -4.20. The first-order valence-electron chi connectivity index (χ1n) is 12.2. The summed E-state index contributed by atoms with van der Waals surface area (Å²) >= 11 is 0. The Morgan fingerprint density at radius 1 is 0.917 bits per heavy atom. The van der Waals surface area contributed by atoms with Crippen LogP contribution < -0.4 is 30.3 Å². The molecular formula is C28H32N4O4. The Kier molecular flexibility index (Phi) is 8.28. The van der Waals surface area contributed by atoms with Gasteiger partial charge in [0.05, 0.1) is 25.1 Å². The minimum Gasteiger partial charge on any atom is -0.497 e. The van der Waals surface area contributed by atoms with Crippen molar-refractivity contribution in [3.05, 3.63) is 77.9 Å². The average molecular weight is 489 g/mol. The summed E-state index contributed by atoms with van der Waals surface area (Å²) in [6.45, 7) is 4.71. The molecule has 1 saturated heterocycles. The molecule has 8 nitrogen and oxygen atoms in total. The standard InChI is InChI=1S/C28H32N4O4/c1-3-36-24-8-6-7-20(17-24)19-29-27(33)21-9-14-26(32-15-4-5-16-32)25(18-21)31-28(34)30-22-10-12-23(35-2)13-11-22/h6-14,17-18H,3-5,15-16,19H2,1-2H3,(H,29,33)(H2,30,31,34). The fraction of sp³-hybridized carbons (Fsp3) is 0.286. The van der Waals surface area contributed by atoms with Crippen LogP contribution in [0.4, 0.5) is 21.9 Å². The number of anilines is 3. The number of urea groups is 1. The first-order chi connectivity index (χ1) is 17.6. The van der Waals surface area contributed by atoms with Gasteiger partial charge in [-0.3, -0.25) is 4.79 Å². The second kappa shape index (κ2) is 12.0. The number of carbonyl (C=O) groups excluding carboxylic acids is 2. The molecule has 0 bridgehead atoms. The van der Waals surface area contributed by atoms with Crippen molar-refractivity contribution in [2.45, 2.75) is 26.3 Å². The molecule has 0 saturated carbocycles. The summed E-state index contributed by atoms with van der Waals surface area (Å²) in [5, 5.41) is 8.73. The molecular weight excluding hydrogens is 456 g/mol. The third-order valence-electron chi connectivity index (χ3n) is 5.96. The molecule has 3 aromatic rings. The van der Waals surface area contributed by atoms with E-state index in [1.54, 1.807) is 43.5 Å². The molecule has 3 amide bonds. The van der Waals surface area contributed by atoms with Gasteiger partial charge in [-0.2, -0.15) is 0 Å². The van der Waals surface area contributed by atoms with Gasteiger partial charge >= 0.3 is 6.03 Å². The van der Waals surface area contributed by atoms with E-state index in [0.717, 1.165) is 42.9 Å². The Labute approximate surface area is 211 Å². The van der Waals surface area contributed by atoms with E-state index in [-0.39, 0.29) is 11.9 Å². The Morgan fingerprint density at radius 2 is 1.69 bits per heavy atom. The lowest BCUT2D eigenvalue weighted by Crippen LogP contribution is -2.26. The van der Waals surface area contributed by atoms with Crippen LogP contribution in [0.25, 0.3) is 0 Å². The highest BCUT2D eigenvalue weighted by Gasteiger charge is 2.19. The fourth-order valence-electron chi connectivity index (χ4n) is 4.17. The molecule has 1 aliphatic heterocycles. The number of amides is 3. The van der Waals surface area contributed by atoms with Gasteiger partial charge in [-0.25, -0.2) is 4.79 Å². The molecule has 1 heterocycles. The third kappa shape index (κ3) is 6.47. The number of nitrogens with zero attached hydrogens (tertiary/aromatic N) is 1. The highest BCUT2D eigenvalue weighted by atomic mass is 16.5. The van der Waals surface area contributed by atoms with Gasteiger partial charge in [-0.1, -0.05) is 12.1 Å². The number of carbonyl (C=O) groups is 2. The van der Waals surface area contributed by atoms with E-state index in [4.69, 9.17) is 9.47 Å². The smallest absolute Gasteiger partial charge is 0.323 e. The molecule has 0 radical (unpaired) electrons. The van der Waals surface area contributed by atoms with E-state index in [1.807, 2.05) is 37.3 Å². The largest absolute Gasteiger partial charge is 0.497 e. The lowest BCUT2D eigenvalue weighted by molar-refractivity contribution is 0.0951. The van der Waals surface area contributed by atoms with Crippen molar-refractivity contribution < 1.29 is 19.1 Å². The number of methoxy groups -OCH3 is 1. The molecule has 36 heavy (non-hydrogen) atoms. The lowest BCUT2D eigenvalue weighted by atomic mass is 10.1. The molecule has 4 rings (SSSR count). The maximum absolute atomic E-state index is 13.0. The van der Waals surface area contributed by atoms with Crippen LogP contribution >= 0.6 is 0 Å². The van der Waals surface area contributed by atoms with Gasteiger partial charge in [0.15, 0.2) is 0 Å². The third-order valence-corrected chi connectivity index (χ3v) is 5.96. The summed E-state index contributed by atoms with van der Waals surface area (Å²) in [5.41, 5.74) is 3.55. The minimum atomic E-state index is -0.383. The van der Waals surface area contributed by atoms with Gasteiger partial charge in [0.1, 0.15) is 11.5 Å². The first kappa shape index (κ1) is 24.9. The van der Waals surface area contributed by atoms with Crippen molar-refractivity contribution >= 4 is 29.0 Å². The topological polar surface area (TPSA) is 91.9 Å². The van der Waals surface area contributed by atoms with E-state index in [2.05, 4.69) is 20.9 Å². The van der Waals surface area contributed by atoms with E-state index < -0.39 is 0 Å². The number of nitrogens with one attached hydrogen (secondary N) is 3. The van der Waals surface area contributed by atoms with Gasteiger partial charge in [-0.15, -0.1) is 0 Å². The van der Waals surface area contributed by atoms with Crippen LogP contribution in [0.5, 0.6) is 11.5 Å². The first-order valence-corrected chi connectivity index (χ1v) is 12.2. The quantitative estimate of drug-likeness (QED) is 0.382. The Bertz CT molecular complexity index is 1190. The second-order valence-corrected chi connectivity index (χ2v) is 8.50. The van der Waals surface area contributed by atoms with Gasteiger partial charge in [0, 0.05) is 30.9 Å². The highest BCUT2D eigenvalue weighted by molar-refractivity contribution is 6.04. The number of rotatable bonds is 9. The maximum atomic E-state index is 13.0. The number of hydrogen-bond donors (Lipinski definition) is 3. The summed E-state index contributed by atoms with van der Waals surface area (Å²) < 4.78 is 10.7. The van der Waals surface area contributed by atoms with Crippen LogP contribution in [-0.2, 0) is 6.54 Å². The summed E-state index contributed by atoms with van der Waals surface area (Å²) in [6.07, 6.45) is 2.20. The van der Waals surface area contributed by atoms with Crippen LogP contribution in [0, 0.1) is 0 Å². The number of ether oxygens (including phenoxy) is 2. The van der Waals surface area contributed by atoms with Crippen LogP contribution in [0.1, 0.15) is 35.7 Å². The normalized spacial score (nSPS) is 12.7. The SMILES string of the molecule is CCOc1cccc(CNC(=O)c2ccc(N3CCCC3)c(NC(=O)Nc3ccc(OC)cc3)c2)c1. The van der Waals surface area contributed by atoms with E-state index in [0.29, 0.717) is 35.8 Å². The van der Waals surface area contributed by atoms with Crippen LogP contribution in [-0.4, -0.2) is 38.7 Å². The van der Waals surface area contributed by atoms with Crippen molar-refractivity contribution in [2.24, 2.45) is 0 Å². The predicted octanol–water partition coefficient (Wildman–Crippen LogP) is 5.27. The van der Waals surface area contributed by atoms with Gasteiger partial charge in [0.25, 0.3) is 5.91 Å². The highest BCUT2D eigenvalue weighted by Crippen LogP contribution is 2.30. The van der Waals surface area contributed by atoms with Gasteiger partial charge in [-0.05, 0) is 79.9 Å². The van der Waals surface area contributed by atoms with Crippen molar-refractivity contribution in [1.82, 2.24) is 5.32 Å². The second-order valence-electron chi connectivity index (χ2n) is 8.50. The van der Waals surface area contributed by atoms with Crippen molar-refractivity contribution in [3.63, 3.8) is 0 Å². The molecule has 0 unspecified atom stereocenters. The molecule has 0 aliphatic carbocycles. The van der Waals surface area contributed by atoms with E-state index in [1.165, 1.54) is 0 Å². The zero-order chi connectivity index (χ0) is 25.3. The van der Waals surface area contributed by atoms with E-state index in [9.17, 15) is 9.59 Å². The lowest BCUT2D eigenvalue weighted by Gasteiger charge is -2.22. The van der Waals surface area contributed by atoms with Crippen molar-refractivity contribution in [2.75, 3.05) is 42.3 Å². The molecule has 188 valence electrons. The average Bonchev–Trinajstić information content (AvgIpc) is 3.43. The number of benzene rings is 3. The summed E-state index contributed by atoms with van der Waals surface area (Å²) in [5.74, 6) is 1.26. The van der Waals surface area contributed by atoms with Gasteiger partial charge < -0.3 is 30.3 Å². The maximum Gasteiger partial charge on any atom is 0.323 e. The van der Waals surface area contributed by atoms with Crippen molar-refractivity contribution in [1.29, 1.82) is 0 Å². The predicted molar refractivity (Wildman–Crippen MR) is 142 cm³/mol. The van der Waals surface area contributed by atoms with Gasteiger partial charge in [0.2, 0.25) is 0 Å². The molecule has 3 aromatic carbocycles. The van der Waals surface area contributed by atoms with Crippen LogP contribution in [0.3, 0.4) is 0 Å². The minimum absolute atomic E-state index is 0.219. The monoisotopic (exact) mass is 488 g/mol. The molecule has 0 atom stereocenters. The van der Waals surface area contributed by atoms with E-state index >= 15 is 0 Å². The zero-order valence-electron chi connectivity index (χ0n) is 20.7. The van der Waals surface area contributed by atoms with Crippen LogP contribution in [0.15, 0.2) is 66.7 Å². The number of hydrogen-bond acceptors (Lipinski definition) is 5. The Morgan fingerprint density at radius 3 is 2.42 bits per heavy atom. The zero-order valence-corrected chi connectivity index (χ0v) is 20.7. The summed E-state index contributed by atoms with van der Waals surface area (Å²) in [6, 6.07) is 19.8. The molecule has 0 aromatic heterocycles.